The smallest absolute Gasteiger partial charge is 0.223 e. The van der Waals surface area contributed by atoms with Crippen molar-refractivity contribution in [1.82, 2.24) is 19.4 Å². The molecule has 0 radical (unpaired) electrons. The second-order valence-electron chi connectivity index (χ2n) is 7.70. The fourth-order valence-corrected chi connectivity index (χ4v) is 3.23. The highest BCUT2D eigenvalue weighted by molar-refractivity contribution is 5.79. The SMILES string of the molecule is Cc1nc(CN(C)CC2CC(=O)N(C(C)(C)C)C2)n(C)c1C. The van der Waals surface area contributed by atoms with Crippen LogP contribution in [0.1, 0.15) is 44.4 Å². The number of carbonyl (C=O) groups excluding carboxylic acids is 1. The molecule has 124 valence electrons. The minimum atomic E-state index is -0.0711. The van der Waals surface area contributed by atoms with Crippen LogP contribution in [-0.4, -0.2) is 50.9 Å². The van der Waals surface area contributed by atoms with Crippen LogP contribution in [0.25, 0.3) is 0 Å². The highest BCUT2D eigenvalue weighted by Crippen LogP contribution is 2.26. The van der Waals surface area contributed by atoms with Crippen molar-refractivity contribution in [1.29, 1.82) is 0 Å². The highest BCUT2D eigenvalue weighted by Gasteiger charge is 2.36. The van der Waals surface area contributed by atoms with Gasteiger partial charge in [-0.15, -0.1) is 0 Å². The van der Waals surface area contributed by atoms with E-state index < -0.39 is 0 Å². The van der Waals surface area contributed by atoms with Crippen LogP contribution < -0.4 is 0 Å². The van der Waals surface area contributed by atoms with Gasteiger partial charge in [-0.1, -0.05) is 0 Å². The molecule has 1 aliphatic rings. The van der Waals surface area contributed by atoms with Gasteiger partial charge in [-0.05, 0) is 47.6 Å². The van der Waals surface area contributed by atoms with Crippen molar-refractivity contribution in [3.05, 3.63) is 17.2 Å². The van der Waals surface area contributed by atoms with Crippen molar-refractivity contribution in [3.8, 4) is 0 Å². The Balaban J connectivity index is 1.94. The third kappa shape index (κ3) is 3.51. The van der Waals surface area contributed by atoms with E-state index in [0.29, 0.717) is 12.3 Å². The van der Waals surface area contributed by atoms with Crippen molar-refractivity contribution >= 4 is 5.91 Å². The van der Waals surface area contributed by atoms with Crippen LogP contribution >= 0.6 is 0 Å². The lowest BCUT2D eigenvalue weighted by molar-refractivity contribution is -0.131. The first-order valence-electron chi connectivity index (χ1n) is 8.07. The molecule has 0 saturated carbocycles. The number of aromatic nitrogens is 2. The molecule has 1 aromatic rings. The zero-order valence-electron chi connectivity index (χ0n) is 15.1. The lowest BCUT2D eigenvalue weighted by Gasteiger charge is -2.32. The van der Waals surface area contributed by atoms with Crippen molar-refractivity contribution in [2.45, 2.75) is 53.1 Å². The molecule has 0 spiro atoms. The minimum Gasteiger partial charge on any atom is -0.338 e. The van der Waals surface area contributed by atoms with Crippen LogP contribution in [0.3, 0.4) is 0 Å². The molecule has 5 nitrogen and oxygen atoms in total. The molecule has 1 aromatic heterocycles. The van der Waals surface area contributed by atoms with E-state index in [0.717, 1.165) is 31.2 Å². The first-order valence-corrected chi connectivity index (χ1v) is 8.07. The second-order valence-corrected chi connectivity index (χ2v) is 7.70. The highest BCUT2D eigenvalue weighted by atomic mass is 16.2. The van der Waals surface area contributed by atoms with Crippen molar-refractivity contribution in [2.75, 3.05) is 20.1 Å². The molecule has 1 amide bonds. The van der Waals surface area contributed by atoms with Crippen LogP contribution in [0.4, 0.5) is 0 Å². The summed E-state index contributed by atoms with van der Waals surface area (Å²) in [5.74, 6) is 1.79. The molecular formula is C17H30N4O. The van der Waals surface area contributed by atoms with Gasteiger partial charge in [0, 0.05) is 37.8 Å². The van der Waals surface area contributed by atoms with Crippen LogP contribution in [0.15, 0.2) is 0 Å². The number of hydrogen-bond donors (Lipinski definition) is 0. The Labute approximate surface area is 134 Å². The molecule has 1 saturated heterocycles. The zero-order valence-corrected chi connectivity index (χ0v) is 15.1. The normalized spacial score (nSPS) is 19.5. The maximum Gasteiger partial charge on any atom is 0.223 e. The molecule has 5 heteroatoms. The van der Waals surface area contributed by atoms with E-state index in [1.807, 2.05) is 4.90 Å². The summed E-state index contributed by atoms with van der Waals surface area (Å²) in [7, 11) is 4.18. The number of imidazole rings is 1. The first kappa shape index (κ1) is 17.0. The molecule has 0 aromatic carbocycles. The van der Waals surface area contributed by atoms with Gasteiger partial charge < -0.3 is 9.47 Å². The largest absolute Gasteiger partial charge is 0.338 e. The molecule has 2 heterocycles. The van der Waals surface area contributed by atoms with Gasteiger partial charge in [0.15, 0.2) is 0 Å². The molecule has 0 N–H and O–H groups in total. The lowest BCUT2D eigenvalue weighted by Crippen LogP contribution is -2.42. The van der Waals surface area contributed by atoms with Crippen LogP contribution in [0.2, 0.25) is 0 Å². The Bertz CT molecular complexity index is 556. The molecule has 0 aliphatic carbocycles. The summed E-state index contributed by atoms with van der Waals surface area (Å²) < 4.78 is 2.16. The molecule has 1 atom stereocenters. The molecule has 1 fully saturated rings. The maximum absolute atomic E-state index is 12.2. The summed E-state index contributed by atoms with van der Waals surface area (Å²) in [6, 6.07) is 0. The average molecular weight is 306 g/mol. The Morgan fingerprint density at radius 3 is 2.41 bits per heavy atom. The predicted octanol–water partition coefficient (Wildman–Crippen LogP) is 2.12. The fraction of sp³-hybridized carbons (Fsp3) is 0.765. The van der Waals surface area contributed by atoms with Crippen molar-refractivity contribution in [2.24, 2.45) is 13.0 Å². The number of likely N-dealkylation sites (tertiary alicyclic amines) is 1. The summed E-state index contributed by atoms with van der Waals surface area (Å²) in [5.41, 5.74) is 2.25. The number of hydrogen-bond acceptors (Lipinski definition) is 3. The summed E-state index contributed by atoms with van der Waals surface area (Å²) in [4.78, 5) is 21.1. The standard InChI is InChI=1S/C17H30N4O/c1-12-13(2)20(7)15(18-12)11-19(6)9-14-8-16(22)21(10-14)17(3,4)5/h14H,8-11H2,1-7H3. The first-order chi connectivity index (χ1) is 10.1. The van der Waals surface area contributed by atoms with Crippen molar-refractivity contribution in [3.63, 3.8) is 0 Å². The number of amides is 1. The number of rotatable bonds is 4. The van der Waals surface area contributed by atoms with Gasteiger partial charge in [-0.25, -0.2) is 4.98 Å². The minimum absolute atomic E-state index is 0.0711. The average Bonchev–Trinajstić information content (AvgIpc) is 2.85. The van der Waals surface area contributed by atoms with Gasteiger partial charge in [0.25, 0.3) is 0 Å². The summed E-state index contributed by atoms with van der Waals surface area (Å²) in [5, 5.41) is 0. The van der Waals surface area contributed by atoms with Crippen LogP contribution in [0, 0.1) is 19.8 Å². The monoisotopic (exact) mass is 306 g/mol. The second kappa shape index (κ2) is 6.03. The Kier molecular flexibility index (Phi) is 4.66. The van der Waals surface area contributed by atoms with E-state index >= 15 is 0 Å². The van der Waals surface area contributed by atoms with Gasteiger partial charge >= 0.3 is 0 Å². The lowest BCUT2D eigenvalue weighted by atomic mass is 10.1. The quantitative estimate of drug-likeness (QED) is 0.855. The van der Waals surface area contributed by atoms with E-state index in [4.69, 9.17) is 0 Å². The van der Waals surface area contributed by atoms with Gasteiger partial charge in [0.1, 0.15) is 5.82 Å². The third-order valence-electron chi connectivity index (χ3n) is 4.71. The number of aryl methyl sites for hydroxylation is 1. The Morgan fingerprint density at radius 2 is 1.95 bits per heavy atom. The van der Waals surface area contributed by atoms with E-state index in [-0.39, 0.29) is 11.4 Å². The van der Waals surface area contributed by atoms with Crippen LogP contribution in [0.5, 0.6) is 0 Å². The van der Waals surface area contributed by atoms with Crippen LogP contribution in [-0.2, 0) is 18.4 Å². The van der Waals surface area contributed by atoms with Gasteiger partial charge in [-0.2, -0.15) is 0 Å². The van der Waals surface area contributed by atoms with E-state index in [1.54, 1.807) is 0 Å². The van der Waals surface area contributed by atoms with Gasteiger partial charge in [-0.3, -0.25) is 9.69 Å². The number of carbonyl (C=O) groups is 1. The Morgan fingerprint density at radius 1 is 1.32 bits per heavy atom. The molecule has 1 aliphatic heterocycles. The summed E-state index contributed by atoms with van der Waals surface area (Å²) in [6.45, 7) is 13.1. The van der Waals surface area contributed by atoms with E-state index in [2.05, 4.69) is 63.2 Å². The number of nitrogens with zero attached hydrogens (tertiary/aromatic N) is 4. The molecule has 0 bridgehead atoms. The Hall–Kier alpha value is -1.36. The van der Waals surface area contributed by atoms with E-state index in [9.17, 15) is 4.79 Å². The van der Waals surface area contributed by atoms with Crippen molar-refractivity contribution < 1.29 is 4.79 Å². The fourth-order valence-electron chi connectivity index (χ4n) is 3.23. The molecule has 22 heavy (non-hydrogen) atoms. The topological polar surface area (TPSA) is 41.4 Å². The predicted molar refractivity (Wildman–Crippen MR) is 88.6 cm³/mol. The maximum atomic E-state index is 12.2. The van der Waals surface area contributed by atoms with E-state index in [1.165, 1.54) is 5.69 Å². The van der Waals surface area contributed by atoms with Gasteiger partial charge in [0.05, 0.1) is 12.2 Å². The summed E-state index contributed by atoms with van der Waals surface area (Å²) >= 11 is 0. The molecular weight excluding hydrogens is 276 g/mol. The third-order valence-corrected chi connectivity index (χ3v) is 4.71. The van der Waals surface area contributed by atoms with Gasteiger partial charge in [0.2, 0.25) is 5.91 Å². The molecule has 1 unspecified atom stereocenters. The molecule has 2 rings (SSSR count). The summed E-state index contributed by atoms with van der Waals surface area (Å²) in [6.07, 6.45) is 0.667. The zero-order chi connectivity index (χ0) is 16.7.